The minimum Gasteiger partial charge on any atom is -0.0622 e. The van der Waals surface area contributed by atoms with Crippen LogP contribution in [0.5, 0.6) is 0 Å². The highest BCUT2D eigenvalue weighted by molar-refractivity contribution is 5.80. The lowest BCUT2D eigenvalue weighted by atomic mass is 10.0. The predicted molar refractivity (Wildman–Crippen MR) is 91.9 cm³/mol. The SMILES string of the molecule is CC(=Cc1ccc(-c2ccccc2)cc1)c1ccccc1. The van der Waals surface area contributed by atoms with Gasteiger partial charge in [-0.15, -0.1) is 0 Å². The molecule has 0 nitrogen and oxygen atoms in total. The van der Waals surface area contributed by atoms with Gasteiger partial charge in [-0.2, -0.15) is 0 Å². The van der Waals surface area contributed by atoms with Crippen LogP contribution < -0.4 is 0 Å². The fraction of sp³-hybridized carbons (Fsp3) is 0.0476. The summed E-state index contributed by atoms with van der Waals surface area (Å²) in [5.41, 5.74) is 6.29. The molecule has 0 atom stereocenters. The van der Waals surface area contributed by atoms with E-state index in [1.807, 2.05) is 12.1 Å². The average molecular weight is 270 g/mol. The van der Waals surface area contributed by atoms with E-state index in [-0.39, 0.29) is 0 Å². The minimum absolute atomic E-state index is 1.23. The Bertz CT molecular complexity index is 720. The van der Waals surface area contributed by atoms with Crippen LogP contribution in [0.2, 0.25) is 0 Å². The van der Waals surface area contributed by atoms with Gasteiger partial charge in [-0.25, -0.2) is 0 Å². The van der Waals surface area contributed by atoms with Gasteiger partial charge in [-0.05, 0) is 34.8 Å². The molecular weight excluding hydrogens is 252 g/mol. The van der Waals surface area contributed by atoms with Crippen molar-refractivity contribution in [3.8, 4) is 11.1 Å². The Morgan fingerprint density at radius 2 is 1.14 bits per heavy atom. The molecule has 0 aromatic heterocycles. The third-order valence-electron chi connectivity index (χ3n) is 3.63. The molecule has 0 radical (unpaired) electrons. The molecule has 0 amide bonds. The molecule has 0 unspecified atom stereocenters. The van der Waals surface area contributed by atoms with E-state index >= 15 is 0 Å². The molecule has 0 aliphatic heterocycles. The molecule has 0 aliphatic carbocycles. The molecule has 0 fully saturated rings. The Morgan fingerprint density at radius 3 is 1.76 bits per heavy atom. The first kappa shape index (κ1) is 13.4. The third kappa shape index (κ3) is 3.29. The van der Waals surface area contributed by atoms with Crippen LogP contribution in [-0.4, -0.2) is 0 Å². The van der Waals surface area contributed by atoms with Gasteiger partial charge in [0.25, 0.3) is 0 Å². The van der Waals surface area contributed by atoms with E-state index < -0.39 is 0 Å². The minimum atomic E-state index is 1.23. The summed E-state index contributed by atoms with van der Waals surface area (Å²) < 4.78 is 0. The summed E-state index contributed by atoms with van der Waals surface area (Å²) in [6, 6.07) is 29.7. The van der Waals surface area contributed by atoms with E-state index in [0.717, 1.165) is 0 Å². The summed E-state index contributed by atoms with van der Waals surface area (Å²) in [6.07, 6.45) is 2.23. The molecule has 0 N–H and O–H groups in total. The van der Waals surface area contributed by atoms with Crippen LogP contribution in [0.25, 0.3) is 22.8 Å². The van der Waals surface area contributed by atoms with Crippen LogP contribution in [0.3, 0.4) is 0 Å². The van der Waals surface area contributed by atoms with Gasteiger partial charge >= 0.3 is 0 Å². The van der Waals surface area contributed by atoms with E-state index in [1.165, 1.54) is 27.8 Å². The highest BCUT2D eigenvalue weighted by atomic mass is 14.0. The van der Waals surface area contributed by atoms with Crippen molar-refractivity contribution < 1.29 is 0 Å². The summed E-state index contributed by atoms with van der Waals surface area (Å²) in [6.45, 7) is 2.15. The molecule has 0 aliphatic rings. The fourth-order valence-corrected chi connectivity index (χ4v) is 2.44. The second kappa shape index (κ2) is 6.23. The molecule has 3 aromatic carbocycles. The Balaban J connectivity index is 1.85. The maximum Gasteiger partial charge on any atom is -0.0184 e. The molecule has 0 spiro atoms. The van der Waals surface area contributed by atoms with Crippen LogP contribution >= 0.6 is 0 Å². The van der Waals surface area contributed by atoms with Crippen LogP contribution in [-0.2, 0) is 0 Å². The molecule has 0 bridgehead atoms. The van der Waals surface area contributed by atoms with Crippen molar-refractivity contribution >= 4 is 11.6 Å². The van der Waals surface area contributed by atoms with Crippen LogP contribution in [0, 0.1) is 0 Å². The average Bonchev–Trinajstić information content (AvgIpc) is 2.57. The number of rotatable bonds is 3. The monoisotopic (exact) mass is 270 g/mol. The normalized spacial score (nSPS) is 11.4. The molecule has 3 aromatic rings. The first-order valence-corrected chi connectivity index (χ1v) is 7.22. The molecule has 0 saturated carbocycles. The van der Waals surface area contributed by atoms with Crippen LogP contribution in [0.4, 0.5) is 0 Å². The van der Waals surface area contributed by atoms with Gasteiger partial charge in [0, 0.05) is 0 Å². The first-order valence-electron chi connectivity index (χ1n) is 7.22. The van der Waals surface area contributed by atoms with E-state index in [0.29, 0.717) is 0 Å². The van der Waals surface area contributed by atoms with Gasteiger partial charge in [0.15, 0.2) is 0 Å². The van der Waals surface area contributed by atoms with Crippen molar-refractivity contribution in [1.29, 1.82) is 0 Å². The third-order valence-corrected chi connectivity index (χ3v) is 3.63. The van der Waals surface area contributed by atoms with Gasteiger partial charge < -0.3 is 0 Å². The van der Waals surface area contributed by atoms with E-state index in [2.05, 4.69) is 85.8 Å². The van der Waals surface area contributed by atoms with E-state index in [1.54, 1.807) is 0 Å². The largest absolute Gasteiger partial charge is 0.0622 e. The van der Waals surface area contributed by atoms with E-state index in [9.17, 15) is 0 Å². The second-order valence-electron chi connectivity index (χ2n) is 5.18. The van der Waals surface area contributed by atoms with Crippen LogP contribution in [0.15, 0.2) is 84.9 Å². The standard InChI is InChI=1S/C21H18/c1-17(19-8-4-2-5-9-19)16-18-12-14-21(15-13-18)20-10-6-3-7-11-20/h2-16H,1H3. The number of hydrogen-bond acceptors (Lipinski definition) is 0. The van der Waals surface area contributed by atoms with Crippen molar-refractivity contribution in [1.82, 2.24) is 0 Å². The van der Waals surface area contributed by atoms with Crippen molar-refractivity contribution in [2.75, 3.05) is 0 Å². The molecule has 102 valence electrons. The van der Waals surface area contributed by atoms with E-state index in [4.69, 9.17) is 0 Å². The van der Waals surface area contributed by atoms with Gasteiger partial charge in [0.1, 0.15) is 0 Å². The zero-order valence-electron chi connectivity index (χ0n) is 12.2. The van der Waals surface area contributed by atoms with Crippen LogP contribution in [0.1, 0.15) is 18.1 Å². The lowest BCUT2D eigenvalue weighted by molar-refractivity contribution is 1.56. The number of hydrogen-bond donors (Lipinski definition) is 0. The van der Waals surface area contributed by atoms with Crippen molar-refractivity contribution in [2.24, 2.45) is 0 Å². The van der Waals surface area contributed by atoms with Crippen molar-refractivity contribution in [3.05, 3.63) is 96.1 Å². The Hall–Kier alpha value is -2.60. The number of benzene rings is 3. The smallest absolute Gasteiger partial charge is 0.0184 e. The molecule has 0 saturated heterocycles. The molecule has 3 rings (SSSR count). The summed E-state index contributed by atoms with van der Waals surface area (Å²) in [5, 5.41) is 0. The van der Waals surface area contributed by atoms with Gasteiger partial charge in [0.2, 0.25) is 0 Å². The van der Waals surface area contributed by atoms with Gasteiger partial charge in [0.05, 0.1) is 0 Å². The Labute approximate surface area is 126 Å². The molecule has 21 heavy (non-hydrogen) atoms. The Morgan fingerprint density at radius 1 is 0.619 bits per heavy atom. The first-order chi connectivity index (χ1) is 10.3. The predicted octanol–water partition coefficient (Wildman–Crippen LogP) is 5.91. The maximum atomic E-state index is 2.23. The van der Waals surface area contributed by atoms with Gasteiger partial charge in [-0.1, -0.05) is 91.0 Å². The quantitative estimate of drug-likeness (QED) is 0.519. The highest BCUT2D eigenvalue weighted by Gasteiger charge is 1.98. The summed E-state index contributed by atoms with van der Waals surface area (Å²) in [4.78, 5) is 0. The number of allylic oxidation sites excluding steroid dienone is 1. The fourth-order valence-electron chi connectivity index (χ4n) is 2.44. The maximum absolute atomic E-state index is 2.23. The Kier molecular flexibility index (Phi) is 3.97. The zero-order chi connectivity index (χ0) is 14.5. The van der Waals surface area contributed by atoms with Crippen molar-refractivity contribution in [3.63, 3.8) is 0 Å². The second-order valence-corrected chi connectivity index (χ2v) is 5.18. The molecule has 0 heteroatoms. The zero-order valence-corrected chi connectivity index (χ0v) is 12.2. The molecular formula is C21H18. The highest BCUT2D eigenvalue weighted by Crippen LogP contribution is 2.22. The lowest BCUT2D eigenvalue weighted by Gasteiger charge is -2.04. The lowest BCUT2D eigenvalue weighted by Crippen LogP contribution is -1.81. The molecule has 0 heterocycles. The summed E-state index contributed by atoms with van der Waals surface area (Å²) >= 11 is 0. The van der Waals surface area contributed by atoms with Crippen molar-refractivity contribution in [2.45, 2.75) is 6.92 Å². The summed E-state index contributed by atoms with van der Waals surface area (Å²) in [7, 11) is 0. The topological polar surface area (TPSA) is 0 Å². The van der Waals surface area contributed by atoms with Gasteiger partial charge in [-0.3, -0.25) is 0 Å². The summed E-state index contributed by atoms with van der Waals surface area (Å²) in [5.74, 6) is 0.